The second-order valence-corrected chi connectivity index (χ2v) is 19.2. The van der Waals surface area contributed by atoms with Gasteiger partial charge in [-0.15, -0.1) is 0 Å². The fourth-order valence-corrected chi connectivity index (χ4v) is 9.55. The van der Waals surface area contributed by atoms with Gasteiger partial charge < -0.3 is 4.81 Å². The van der Waals surface area contributed by atoms with Crippen LogP contribution in [0.3, 0.4) is 0 Å². The van der Waals surface area contributed by atoms with E-state index in [1.54, 1.807) is 5.70 Å². The first-order chi connectivity index (χ1) is 28.3. The van der Waals surface area contributed by atoms with Crippen molar-refractivity contribution in [2.45, 2.75) is 322 Å². The summed E-state index contributed by atoms with van der Waals surface area (Å²) < 4.78 is 0. The Hall–Kier alpha value is -0.655. The third kappa shape index (κ3) is 38.0. The van der Waals surface area contributed by atoms with E-state index in [2.05, 4.69) is 43.7 Å². The first-order valence-corrected chi connectivity index (χ1v) is 27.5. The van der Waals surface area contributed by atoms with E-state index in [9.17, 15) is 0 Å². The van der Waals surface area contributed by atoms with Gasteiger partial charge in [0.25, 0.3) is 6.85 Å². The zero-order valence-electron chi connectivity index (χ0n) is 40.2. The fourth-order valence-electron chi connectivity index (χ4n) is 9.55. The van der Waals surface area contributed by atoms with Crippen LogP contribution >= 0.6 is 0 Å². The minimum atomic E-state index is 0.648. The third-order valence-corrected chi connectivity index (χ3v) is 13.5. The second-order valence-electron chi connectivity index (χ2n) is 19.2. The molecule has 0 saturated heterocycles. The van der Waals surface area contributed by atoms with Crippen molar-refractivity contribution >= 4 is 6.85 Å². The largest absolute Gasteiger partial charge is 0.414 e. The molecule has 0 aromatic heterocycles. The van der Waals surface area contributed by atoms with Crippen molar-refractivity contribution in [3.8, 4) is 0 Å². The molecule has 0 N–H and O–H groups in total. The molecular formula is C55H108BN. The van der Waals surface area contributed by atoms with E-state index in [0.717, 1.165) is 0 Å². The molecule has 1 rings (SSSR count). The Bertz CT molecular complexity index is 817. The van der Waals surface area contributed by atoms with Crippen LogP contribution in [0.5, 0.6) is 0 Å². The molecule has 0 unspecified atom stereocenters. The molecule has 0 aliphatic carbocycles. The Morgan fingerprint density at radius 2 is 0.579 bits per heavy atom. The number of hydrogen-bond donors (Lipinski definition) is 0. The van der Waals surface area contributed by atoms with Crippen molar-refractivity contribution in [2.75, 3.05) is 6.54 Å². The van der Waals surface area contributed by atoms with E-state index in [-0.39, 0.29) is 0 Å². The molecule has 0 radical (unpaired) electrons. The highest BCUT2D eigenvalue weighted by Gasteiger charge is 2.24. The smallest absolute Gasteiger partial charge is 0.280 e. The molecule has 2 heteroatoms. The first-order valence-electron chi connectivity index (χ1n) is 27.5. The number of rotatable bonds is 48. The summed E-state index contributed by atoms with van der Waals surface area (Å²) in [7, 11) is 0. The zero-order valence-corrected chi connectivity index (χ0v) is 40.2. The maximum Gasteiger partial charge on any atom is 0.280 e. The molecule has 0 spiro atoms. The number of nitrogens with zero attached hydrogens (tertiary/aromatic N) is 1. The van der Waals surface area contributed by atoms with E-state index in [1.807, 2.05) is 0 Å². The third-order valence-electron chi connectivity index (χ3n) is 13.5. The molecule has 0 atom stereocenters. The van der Waals surface area contributed by atoms with Crippen molar-refractivity contribution in [1.29, 1.82) is 0 Å². The summed E-state index contributed by atoms with van der Waals surface area (Å²) in [6.45, 7) is 8.89. The maximum absolute atomic E-state index is 2.88. The molecule has 0 fully saturated rings. The topological polar surface area (TPSA) is 3.24 Å². The lowest BCUT2D eigenvalue weighted by atomic mass is 9.54. The summed E-state index contributed by atoms with van der Waals surface area (Å²) in [4.78, 5) is 2.88. The van der Waals surface area contributed by atoms with Crippen LogP contribution in [0.2, 0.25) is 6.32 Å². The van der Waals surface area contributed by atoms with Crippen LogP contribution in [0.25, 0.3) is 0 Å². The monoisotopic (exact) mass is 794 g/mol. The Morgan fingerprint density at radius 3 is 0.895 bits per heavy atom. The molecular weight excluding hydrogens is 685 g/mol. The van der Waals surface area contributed by atoms with E-state index < -0.39 is 0 Å². The minimum Gasteiger partial charge on any atom is -0.414 e. The van der Waals surface area contributed by atoms with Crippen LogP contribution in [0.1, 0.15) is 316 Å². The van der Waals surface area contributed by atoms with Gasteiger partial charge in [0.15, 0.2) is 0 Å². The molecule has 336 valence electrons. The van der Waals surface area contributed by atoms with Gasteiger partial charge >= 0.3 is 0 Å². The Labute approximate surface area is 363 Å². The molecule has 0 bridgehead atoms. The van der Waals surface area contributed by atoms with Crippen LogP contribution in [0, 0.1) is 0 Å². The molecule has 0 amide bonds. The molecule has 1 aliphatic heterocycles. The highest BCUT2D eigenvalue weighted by atomic mass is 15.1. The summed E-state index contributed by atoms with van der Waals surface area (Å²) in [5, 5.41) is 0. The number of allylic oxidation sites excluding steroid dienone is 3. The SMILES string of the molecule is CCCCCCCCCCCCCCCCCB1C=CC=C(CCCCCCCCCCCCCCCCC)N1CCCCCCCCCCCCCCCCC. The minimum absolute atomic E-state index is 0.648. The van der Waals surface area contributed by atoms with Crippen LogP contribution in [-0.2, 0) is 0 Å². The maximum atomic E-state index is 2.88. The standard InChI is InChI=1S/C55H108BN/c1-4-7-10-13-16-19-22-25-28-31-34-37-40-43-46-50-55-51-49-53-56(52-47-44-41-38-35-32-29-26-23-20-17-14-11-8-5-2)57(55)54-48-45-42-39-36-33-30-27-24-21-18-15-12-9-6-3/h49,51,53H,4-48,50,52,54H2,1-3H3. The van der Waals surface area contributed by atoms with Crippen LogP contribution in [-0.4, -0.2) is 18.2 Å². The van der Waals surface area contributed by atoms with Gasteiger partial charge in [0.05, 0.1) is 0 Å². The summed E-state index contributed by atoms with van der Waals surface area (Å²) in [6, 6.07) is 0. The normalized spacial score (nSPS) is 13.0. The molecule has 0 saturated carbocycles. The highest BCUT2D eigenvalue weighted by Crippen LogP contribution is 2.25. The lowest BCUT2D eigenvalue weighted by Gasteiger charge is -2.35. The lowest BCUT2D eigenvalue weighted by molar-refractivity contribution is 0.453. The van der Waals surface area contributed by atoms with Gasteiger partial charge in [0.1, 0.15) is 0 Å². The van der Waals surface area contributed by atoms with Crippen LogP contribution in [0.4, 0.5) is 0 Å². The van der Waals surface area contributed by atoms with Crippen LogP contribution < -0.4 is 0 Å². The van der Waals surface area contributed by atoms with Gasteiger partial charge in [-0.05, 0) is 31.7 Å². The molecule has 1 aliphatic rings. The summed E-state index contributed by atoms with van der Waals surface area (Å²) in [5.41, 5.74) is 1.67. The zero-order chi connectivity index (χ0) is 40.8. The number of unbranched alkanes of at least 4 members (excludes halogenated alkanes) is 42. The van der Waals surface area contributed by atoms with Gasteiger partial charge in [-0.2, -0.15) is 0 Å². The van der Waals surface area contributed by atoms with Gasteiger partial charge in [-0.1, -0.05) is 309 Å². The fraction of sp³-hybridized carbons (Fsp3) is 0.927. The second kappa shape index (κ2) is 46.4. The summed E-state index contributed by atoms with van der Waals surface area (Å²) in [6.07, 6.45) is 73.0. The summed E-state index contributed by atoms with van der Waals surface area (Å²) in [5.74, 6) is 2.56. The lowest BCUT2D eigenvalue weighted by Crippen LogP contribution is -2.39. The van der Waals surface area contributed by atoms with Gasteiger partial charge in [-0.3, -0.25) is 0 Å². The quantitative estimate of drug-likeness (QED) is 0.0438. The predicted octanol–water partition coefficient (Wildman–Crippen LogP) is 20.3. The van der Waals surface area contributed by atoms with Crippen molar-refractivity contribution in [2.24, 2.45) is 0 Å². The molecule has 1 heterocycles. The highest BCUT2D eigenvalue weighted by molar-refractivity contribution is 6.62. The van der Waals surface area contributed by atoms with E-state index in [0.29, 0.717) is 6.85 Å². The van der Waals surface area contributed by atoms with Gasteiger partial charge in [0, 0.05) is 12.2 Å². The molecule has 0 aromatic carbocycles. The Kier molecular flexibility index (Phi) is 44.3. The predicted molar refractivity (Wildman–Crippen MR) is 264 cm³/mol. The number of hydrogen-bond acceptors (Lipinski definition) is 1. The van der Waals surface area contributed by atoms with Crippen molar-refractivity contribution in [3.05, 3.63) is 23.8 Å². The Morgan fingerprint density at radius 1 is 0.316 bits per heavy atom. The first kappa shape index (κ1) is 54.4. The molecule has 1 nitrogen and oxygen atoms in total. The van der Waals surface area contributed by atoms with Crippen molar-refractivity contribution < 1.29 is 0 Å². The van der Waals surface area contributed by atoms with E-state index in [1.165, 1.54) is 308 Å². The van der Waals surface area contributed by atoms with Gasteiger partial charge in [-0.25, -0.2) is 0 Å². The Balaban J connectivity index is 2.26. The average Bonchev–Trinajstić information content (AvgIpc) is 3.22. The van der Waals surface area contributed by atoms with E-state index in [4.69, 9.17) is 0 Å². The van der Waals surface area contributed by atoms with E-state index >= 15 is 0 Å². The molecule has 0 aromatic rings. The van der Waals surface area contributed by atoms with Crippen LogP contribution in [0.15, 0.2) is 23.8 Å². The van der Waals surface area contributed by atoms with Crippen molar-refractivity contribution in [1.82, 2.24) is 4.81 Å². The average molecular weight is 794 g/mol. The van der Waals surface area contributed by atoms with Crippen molar-refractivity contribution in [3.63, 3.8) is 0 Å². The molecule has 57 heavy (non-hydrogen) atoms. The van der Waals surface area contributed by atoms with Gasteiger partial charge in [0.2, 0.25) is 0 Å². The summed E-state index contributed by atoms with van der Waals surface area (Å²) >= 11 is 0.